The summed E-state index contributed by atoms with van der Waals surface area (Å²) in [5, 5.41) is 0. The Labute approximate surface area is 122 Å². The minimum absolute atomic E-state index is 0.167. The SMILES string of the molecule is O=C(CCCC(=O)OC1COCOC1)Oc1ccccc1. The summed E-state index contributed by atoms with van der Waals surface area (Å²) in [7, 11) is 0. The number of hydrogen-bond acceptors (Lipinski definition) is 6. The maximum Gasteiger partial charge on any atom is 0.311 e. The van der Waals surface area contributed by atoms with Gasteiger partial charge in [-0.3, -0.25) is 9.59 Å². The van der Waals surface area contributed by atoms with E-state index in [1.165, 1.54) is 0 Å². The van der Waals surface area contributed by atoms with Gasteiger partial charge in [-0.05, 0) is 18.6 Å². The summed E-state index contributed by atoms with van der Waals surface area (Å²) in [6.45, 7) is 0.933. The molecular weight excluding hydrogens is 276 g/mol. The van der Waals surface area contributed by atoms with Crippen molar-refractivity contribution in [3.05, 3.63) is 30.3 Å². The molecule has 1 aromatic carbocycles. The Hall–Kier alpha value is -1.92. The molecule has 0 atom stereocenters. The Morgan fingerprint density at radius 2 is 1.71 bits per heavy atom. The molecule has 0 aliphatic carbocycles. The zero-order valence-corrected chi connectivity index (χ0v) is 11.7. The van der Waals surface area contributed by atoms with E-state index >= 15 is 0 Å². The normalized spacial score (nSPS) is 15.4. The third-order valence-corrected chi connectivity index (χ3v) is 2.81. The van der Waals surface area contributed by atoms with Crippen LogP contribution in [0.15, 0.2) is 30.3 Å². The number of hydrogen-bond donors (Lipinski definition) is 0. The zero-order valence-electron chi connectivity index (χ0n) is 11.7. The number of para-hydroxylation sites is 1. The lowest BCUT2D eigenvalue weighted by molar-refractivity contribution is -0.183. The van der Waals surface area contributed by atoms with Crippen molar-refractivity contribution >= 4 is 11.9 Å². The van der Waals surface area contributed by atoms with Gasteiger partial charge in [-0.2, -0.15) is 0 Å². The fraction of sp³-hybridized carbons (Fsp3) is 0.467. The first-order valence-electron chi connectivity index (χ1n) is 6.85. The second-order valence-electron chi connectivity index (χ2n) is 4.61. The average Bonchev–Trinajstić information content (AvgIpc) is 2.49. The van der Waals surface area contributed by atoms with Gasteiger partial charge < -0.3 is 18.9 Å². The first kappa shape index (κ1) is 15.5. The summed E-state index contributed by atoms with van der Waals surface area (Å²) < 4.78 is 20.3. The van der Waals surface area contributed by atoms with Gasteiger partial charge in [0.1, 0.15) is 18.6 Å². The largest absolute Gasteiger partial charge is 0.457 e. The molecule has 2 rings (SSSR count). The summed E-state index contributed by atoms with van der Waals surface area (Å²) in [5.74, 6) is -0.221. The number of benzene rings is 1. The molecule has 1 aromatic rings. The van der Waals surface area contributed by atoms with Gasteiger partial charge in [0.15, 0.2) is 0 Å². The van der Waals surface area contributed by atoms with Crippen molar-refractivity contribution < 1.29 is 28.5 Å². The molecule has 1 aliphatic rings. The number of esters is 2. The summed E-state index contributed by atoms with van der Waals surface area (Å²) >= 11 is 0. The van der Waals surface area contributed by atoms with Crippen molar-refractivity contribution in [2.45, 2.75) is 25.4 Å². The van der Waals surface area contributed by atoms with E-state index in [0.717, 1.165) is 0 Å². The number of rotatable bonds is 6. The summed E-state index contributed by atoms with van der Waals surface area (Å²) in [6, 6.07) is 8.82. The van der Waals surface area contributed by atoms with Gasteiger partial charge in [0.05, 0.1) is 13.2 Å². The zero-order chi connectivity index (χ0) is 14.9. The van der Waals surface area contributed by atoms with E-state index in [0.29, 0.717) is 25.4 Å². The average molecular weight is 294 g/mol. The molecule has 1 fully saturated rings. The number of ether oxygens (including phenoxy) is 4. The van der Waals surface area contributed by atoms with Crippen molar-refractivity contribution in [1.29, 1.82) is 0 Å². The molecule has 0 aromatic heterocycles. The van der Waals surface area contributed by atoms with Crippen molar-refractivity contribution in [2.75, 3.05) is 20.0 Å². The lowest BCUT2D eigenvalue weighted by Crippen LogP contribution is -2.33. The van der Waals surface area contributed by atoms with Crippen molar-refractivity contribution in [1.82, 2.24) is 0 Å². The van der Waals surface area contributed by atoms with Crippen LogP contribution < -0.4 is 4.74 Å². The van der Waals surface area contributed by atoms with E-state index in [9.17, 15) is 9.59 Å². The van der Waals surface area contributed by atoms with Gasteiger partial charge >= 0.3 is 11.9 Å². The number of carbonyl (C=O) groups is 2. The second-order valence-corrected chi connectivity index (χ2v) is 4.61. The highest BCUT2D eigenvalue weighted by Gasteiger charge is 2.18. The third kappa shape index (κ3) is 5.93. The van der Waals surface area contributed by atoms with Crippen molar-refractivity contribution in [3.63, 3.8) is 0 Å². The van der Waals surface area contributed by atoms with Crippen molar-refractivity contribution in [3.8, 4) is 5.75 Å². The minimum atomic E-state index is -0.363. The first-order chi connectivity index (χ1) is 10.2. The van der Waals surface area contributed by atoms with Crippen LogP contribution in [-0.4, -0.2) is 38.0 Å². The van der Waals surface area contributed by atoms with Crippen LogP contribution >= 0.6 is 0 Å². The minimum Gasteiger partial charge on any atom is -0.457 e. The van der Waals surface area contributed by atoms with Crippen LogP contribution in [0.25, 0.3) is 0 Å². The van der Waals surface area contributed by atoms with Crippen molar-refractivity contribution in [2.24, 2.45) is 0 Å². The second kappa shape index (κ2) is 8.39. The highest BCUT2D eigenvalue weighted by Crippen LogP contribution is 2.11. The van der Waals surface area contributed by atoms with E-state index < -0.39 is 0 Å². The van der Waals surface area contributed by atoms with Gasteiger partial charge in [-0.15, -0.1) is 0 Å². The lowest BCUT2D eigenvalue weighted by Gasteiger charge is -2.22. The predicted molar refractivity (Wildman–Crippen MR) is 72.6 cm³/mol. The maximum atomic E-state index is 11.6. The molecule has 6 nitrogen and oxygen atoms in total. The van der Waals surface area contributed by atoms with Crippen LogP contribution in [0.3, 0.4) is 0 Å². The van der Waals surface area contributed by atoms with Crippen LogP contribution in [0, 0.1) is 0 Å². The molecule has 1 aliphatic heterocycles. The Balaban J connectivity index is 1.60. The van der Waals surface area contributed by atoms with E-state index in [1.54, 1.807) is 24.3 Å². The predicted octanol–water partition coefficient (Wildman–Crippen LogP) is 1.68. The molecule has 0 bridgehead atoms. The quantitative estimate of drug-likeness (QED) is 0.587. The van der Waals surface area contributed by atoms with Crippen LogP contribution in [0.1, 0.15) is 19.3 Å². The molecule has 0 spiro atoms. The highest BCUT2D eigenvalue weighted by molar-refractivity contribution is 5.74. The molecule has 1 saturated heterocycles. The molecule has 6 heteroatoms. The Bertz CT molecular complexity index is 452. The third-order valence-electron chi connectivity index (χ3n) is 2.81. The molecule has 0 amide bonds. The molecule has 0 radical (unpaired) electrons. The van der Waals surface area contributed by atoms with Gasteiger partial charge in [0.25, 0.3) is 0 Å². The molecule has 0 N–H and O–H groups in total. The monoisotopic (exact) mass is 294 g/mol. The topological polar surface area (TPSA) is 71.1 Å². The Morgan fingerprint density at radius 1 is 1.05 bits per heavy atom. The molecule has 21 heavy (non-hydrogen) atoms. The smallest absolute Gasteiger partial charge is 0.311 e. The molecule has 1 heterocycles. The molecular formula is C15H18O6. The highest BCUT2D eigenvalue weighted by atomic mass is 16.7. The van der Waals surface area contributed by atoms with E-state index in [4.69, 9.17) is 18.9 Å². The first-order valence-corrected chi connectivity index (χ1v) is 6.85. The fourth-order valence-corrected chi connectivity index (χ4v) is 1.83. The van der Waals surface area contributed by atoms with Gasteiger partial charge in [-0.25, -0.2) is 0 Å². The molecule has 0 saturated carbocycles. The van der Waals surface area contributed by atoms with E-state index in [2.05, 4.69) is 0 Å². The van der Waals surface area contributed by atoms with Crippen LogP contribution in [0.4, 0.5) is 0 Å². The summed E-state index contributed by atoms with van der Waals surface area (Å²) in [4.78, 5) is 23.1. The van der Waals surface area contributed by atoms with Gasteiger partial charge in [0.2, 0.25) is 0 Å². The molecule has 0 unspecified atom stereocenters. The van der Waals surface area contributed by atoms with Crippen LogP contribution in [0.5, 0.6) is 5.75 Å². The fourth-order valence-electron chi connectivity index (χ4n) is 1.83. The lowest BCUT2D eigenvalue weighted by atomic mass is 10.2. The van der Waals surface area contributed by atoms with E-state index in [-0.39, 0.29) is 37.7 Å². The Kier molecular flexibility index (Phi) is 6.18. The van der Waals surface area contributed by atoms with E-state index in [1.807, 2.05) is 6.07 Å². The Morgan fingerprint density at radius 3 is 2.43 bits per heavy atom. The number of carbonyl (C=O) groups excluding carboxylic acids is 2. The molecule has 114 valence electrons. The van der Waals surface area contributed by atoms with Crippen LogP contribution in [-0.2, 0) is 23.8 Å². The maximum absolute atomic E-state index is 11.6. The van der Waals surface area contributed by atoms with Gasteiger partial charge in [0, 0.05) is 12.8 Å². The van der Waals surface area contributed by atoms with Crippen LogP contribution in [0.2, 0.25) is 0 Å². The standard InChI is InChI=1S/C15H18O6/c16-14(20-12-5-2-1-3-6-12)7-4-8-15(17)21-13-9-18-11-19-10-13/h1-3,5-6,13H,4,7-11H2. The summed E-state index contributed by atoms with van der Waals surface area (Å²) in [5.41, 5.74) is 0. The van der Waals surface area contributed by atoms with Gasteiger partial charge in [-0.1, -0.05) is 18.2 Å². The summed E-state index contributed by atoms with van der Waals surface area (Å²) in [6.07, 6.45) is 0.364.